The number of aryl methyl sites for hydroxylation is 1. The summed E-state index contributed by atoms with van der Waals surface area (Å²) in [5.74, 6) is 0.485. The number of ether oxygens (including phenoxy) is 1. The predicted molar refractivity (Wildman–Crippen MR) is 119 cm³/mol. The van der Waals surface area contributed by atoms with Crippen molar-refractivity contribution in [2.24, 2.45) is 0 Å². The second kappa shape index (κ2) is 8.13. The molecule has 0 amide bonds. The number of hydrogen-bond donors (Lipinski definition) is 0. The molecule has 0 bridgehead atoms. The van der Waals surface area contributed by atoms with Gasteiger partial charge in [0.1, 0.15) is 5.75 Å². The molecule has 0 saturated carbocycles. The van der Waals surface area contributed by atoms with Gasteiger partial charge >= 0.3 is 6.18 Å². The molecule has 0 radical (unpaired) electrons. The lowest BCUT2D eigenvalue weighted by Crippen LogP contribution is -2.06. The fourth-order valence-corrected chi connectivity index (χ4v) is 4.37. The van der Waals surface area contributed by atoms with Crippen molar-refractivity contribution in [3.8, 4) is 11.4 Å². The van der Waals surface area contributed by atoms with E-state index in [1.807, 2.05) is 41.0 Å². The van der Waals surface area contributed by atoms with Crippen LogP contribution in [0.4, 0.5) is 13.2 Å². The summed E-state index contributed by atoms with van der Waals surface area (Å²) in [5, 5.41) is 1.58. The van der Waals surface area contributed by atoms with E-state index < -0.39 is 11.7 Å². The molecule has 0 aliphatic carbocycles. The maximum Gasteiger partial charge on any atom is 0.416 e. The van der Waals surface area contributed by atoms with Crippen LogP contribution >= 0.6 is 23.2 Å². The Bertz CT molecular complexity index is 1260. The van der Waals surface area contributed by atoms with E-state index in [1.54, 1.807) is 19.1 Å². The lowest BCUT2D eigenvalue weighted by Gasteiger charge is -2.15. The minimum Gasteiger partial charge on any atom is -0.495 e. The van der Waals surface area contributed by atoms with Crippen LogP contribution in [0.1, 0.15) is 22.4 Å². The van der Waals surface area contributed by atoms with Gasteiger partial charge in [-0.1, -0.05) is 41.4 Å². The second-order valence-corrected chi connectivity index (χ2v) is 8.03. The molecule has 0 saturated heterocycles. The Morgan fingerprint density at radius 3 is 2.32 bits per heavy atom. The van der Waals surface area contributed by atoms with Gasteiger partial charge in [-0.05, 0) is 60.5 Å². The third-order valence-electron chi connectivity index (χ3n) is 5.27. The summed E-state index contributed by atoms with van der Waals surface area (Å²) in [5.41, 5.74) is 2.50. The zero-order valence-corrected chi connectivity index (χ0v) is 18.2. The maximum absolute atomic E-state index is 13.5. The molecule has 1 aromatic heterocycles. The number of alkyl halides is 3. The van der Waals surface area contributed by atoms with Crippen LogP contribution in [0.25, 0.3) is 16.6 Å². The van der Waals surface area contributed by atoms with Crippen LogP contribution in [0.15, 0.2) is 60.7 Å². The van der Waals surface area contributed by atoms with Crippen molar-refractivity contribution < 1.29 is 17.9 Å². The molecule has 0 aliphatic rings. The Kier molecular flexibility index (Phi) is 5.67. The molecule has 0 spiro atoms. The van der Waals surface area contributed by atoms with Crippen LogP contribution in [0.5, 0.6) is 5.75 Å². The number of halogens is 5. The number of fused-ring (bicyclic) bond motifs is 1. The third kappa shape index (κ3) is 4.00. The monoisotopic (exact) mass is 463 g/mol. The summed E-state index contributed by atoms with van der Waals surface area (Å²) in [6.45, 7) is 1.68. The lowest BCUT2D eigenvalue weighted by atomic mass is 10.1. The van der Waals surface area contributed by atoms with Gasteiger partial charge in [0.2, 0.25) is 0 Å². The Hall–Kier alpha value is -2.63. The van der Waals surface area contributed by atoms with Crippen LogP contribution in [0, 0.1) is 6.92 Å². The zero-order valence-electron chi connectivity index (χ0n) is 16.7. The van der Waals surface area contributed by atoms with E-state index >= 15 is 0 Å². The largest absolute Gasteiger partial charge is 0.495 e. The average molecular weight is 464 g/mol. The molecule has 2 nitrogen and oxygen atoms in total. The molecule has 0 atom stereocenters. The Labute approximate surface area is 187 Å². The van der Waals surface area contributed by atoms with Crippen molar-refractivity contribution >= 4 is 34.1 Å². The Morgan fingerprint density at radius 1 is 0.968 bits per heavy atom. The molecule has 0 N–H and O–H groups in total. The molecule has 4 aromatic rings. The zero-order chi connectivity index (χ0) is 22.3. The van der Waals surface area contributed by atoms with Crippen molar-refractivity contribution in [1.29, 1.82) is 0 Å². The fourth-order valence-electron chi connectivity index (χ4n) is 3.79. The topological polar surface area (TPSA) is 14.2 Å². The van der Waals surface area contributed by atoms with Crippen molar-refractivity contribution in [2.75, 3.05) is 7.11 Å². The highest BCUT2D eigenvalue weighted by Gasteiger charge is 2.32. The summed E-state index contributed by atoms with van der Waals surface area (Å²) < 4.78 is 47.7. The van der Waals surface area contributed by atoms with E-state index in [2.05, 4.69) is 0 Å². The summed E-state index contributed by atoms with van der Waals surface area (Å²) in [7, 11) is 1.52. The van der Waals surface area contributed by atoms with Crippen molar-refractivity contribution in [3.63, 3.8) is 0 Å². The van der Waals surface area contributed by atoms with Crippen LogP contribution in [0.2, 0.25) is 10.0 Å². The minimum atomic E-state index is -4.44. The second-order valence-electron chi connectivity index (χ2n) is 7.25. The molecule has 7 heteroatoms. The summed E-state index contributed by atoms with van der Waals surface area (Å²) >= 11 is 12.9. The van der Waals surface area contributed by atoms with E-state index in [9.17, 15) is 13.2 Å². The van der Waals surface area contributed by atoms with Crippen molar-refractivity contribution in [2.45, 2.75) is 19.5 Å². The number of hydrogen-bond acceptors (Lipinski definition) is 1. The first-order chi connectivity index (χ1) is 14.7. The number of methoxy groups -OCH3 is 1. The number of rotatable bonds is 4. The number of aromatic nitrogens is 1. The van der Waals surface area contributed by atoms with Gasteiger partial charge < -0.3 is 9.30 Å². The molecule has 0 aliphatic heterocycles. The molecule has 0 fully saturated rings. The Morgan fingerprint density at radius 2 is 1.68 bits per heavy atom. The molecule has 1 heterocycles. The normalized spacial score (nSPS) is 11.8. The van der Waals surface area contributed by atoms with E-state index in [4.69, 9.17) is 27.9 Å². The lowest BCUT2D eigenvalue weighted by molar-refractivity contribution is -0.137. The molecule has 3 aromatic carbocycles. The van der Waals surface area contributed by atoms with E-state index in [1.165, 1.54) is 19.2 Å². The van der Waals surface area contributed by atoms with Gasteiger partial charge in [0.25, 0.3) is 0 Å². The minimum absolute atomic E-state index is 0.319. The maximum atomic E-state index is 13.5. The summed E-state index contributed by atoms with van der Waals surface area (Å²) in [4.78, 5) is 0. The molecular formula is C24H18Cl2F3NO. The first kappa shape index (κ1) is 21.6. The molecule has 0 unspecified atom stereocenters. The third-order valence-corrected chi connectivity index (χ3v) is 6.04. The van der Waals surface area contributed by atoms with Gasteiger partial charge in [0, 0.05) is 28.2 Å². The summed E-state index contributed by atoms with van der Waals surface area (Å²) in [6, 6.07) is 16.9. The highest BCUT2D eigenvalue weighted by atomic mass is 35.5. The molecule has 4 rings (SSSR count). The van der Waals surface area contributed by atoms with Crippen LogP contribution in [-0.4, -0.2) is 11.7 Å². The molecule has 160 valence electrons. The van der Waals surface area contributed by atoms with E-state index in [-0.39, 0.29) is 0 Å². The quantitative estimate of drug-likeness (QED) is 0.300. The molecular weight excluding hydrogens is 446 g/mol. The number of para-hydroxylation sites is 1. The van der Waals surface area contributed by atoms with Gasteiger partial charge in [-0.25, -0.2) is 0 Å². The SMILES string of the molecule is COc1ccc(Cl)c(Cc2cc3c(C)cc(C(F)(F)F)cc3n2-c2ccccc2)c1Cl. The summed E-state index contributed by atoms with van der Waals surface area (Å²) in [6.07, 6.45) is -4.12. The standard InChI is InChI=1S/C24H18Cl2F3NO/c1-14-10-15(24(27,28)29)11-21-18(14)12-17(30(21)16-6-4-3-5-7-16)13-19-20(25)8-9-22(31-2)23(19)26/h3-12H,13H2,1-2H3. The smallest absolute Gasteiger partial charge is 0.416 e. The first-order valence-corrected chi connectivity index (χ1v) is 10.2. The van der Waals surface area contributed by atoms with Crippen LogP contribution < -0.4 is 4.74 Å². The van der Waals surface area contributed by atoms with Gasteiger partial charge in [-0.15, -0.1) is 0 Å². The van der Waals surface area contributed by atoms with Gasteiger partial charge in [-0.3, -0.25) is 0 Å². The van der Waals surface area contributed by atoms with Crippen LogP contribution in [-0.2, 0) is 12.6 Å². The highest BCUT2D eigenvalue weighted by Crippen LogP contribution is 2.38. The van der Waals surface area contributed by atoms with Gasteiger partial charge in [0.05, 0.1) is 23.2 Å². The molecule has 31 heavy (non-hydrogen) atoms. The number of nitrogens with zero attached hydrogens (tertiary/aromatic N) is 1. The van der Waals surface area contributed by atoms with Crippen molar-refractivity contribution in [1.82, 2.24) is 4.57 Å². The first-order valence-electron chi connectivity index (χ1n) is 9.49. The van der Waals surface area contributed by atoms with E-state index in [0.717, 1.165) is 16.8 Å². The van der Waals surface area contributed by atoms with Crippen molar-refractivity contribution in [3.05, 3.63) is 93.1 Å². The predicted octanol–water partition coefficient (Wildman–Crippen LogP) is 7.86. The van der Waals surface area contributed by atoms with Gasteiger partial charge in [0.15, 0.2) is 0 Å². The fraction of sp³-hybridized carbons (Fsp3) is 0.167. The average Bonchev–Trinajstić information content (AvgIpc) is 3.10. The highest BCUT2D eigenvalue weighted by molar-refractivity contribution is 6.37. The Balaban J connectivity index is 1.99. The van der Waals surface area contributed by atoms with Gasteiger partial charge in [-0.2, -0.15) is 13.2 Å². The number of benzene rings is 3. The van der Waals surface area contributed by atoms with E-state index in [0.29, 0.717) is 38.9 Å². The van der Waals surface area contributed by atoms with Crippen LogP contribution in [0.3, 0.4) is 0 Å².